The maximum atomic E-state index is 13.8. The molecule has 0 bridgehead atoms. The summed E-state index contributed by atoms with van der Waals surface area (Å²) in [5.41, 5.74) is 1.86. The van der Waals surface area contributed by atoms with E-state index < -0.39 is 11.5 Å². The number of benzene rings is 2. The molecule has 14 heteroatoms. The minimum Gasteiger partial charge on any atom is -0.369 e. The van der Waals surface area contributed by atoms with Crippen molar-refractivity contribution in [2.24, 2.45) is 7.05 Å². The fourth-order valence-corrected chi connectivity index (χ4v) is 5.31. The Kier molecular flexibility index (Phi) is 7.50. The van der Waals surface area contributed by atoms with Gasteiger partial charge in [-0.2, -0.15) is 15.1 Å². The standard InChI is InChI=1S/C28H26Cl2N10O2/c1-37-12-14-39(15-13-37)18-8-6-17(7-9-18)33-27-31-16-19-24(34-27)35-28(36-25(41)22-10-11-32-38(22)2)40(26(19)42)23-20(29)4-3-5-21(23)30/h3-11,16H,12-15H2,1-2H3,(H2,31,33,34,35,36,41). The molecule has 5 aromatic rings. The molecule has 2 N–H and O–H groups in total. The topological polar surface area (TPSA) is 126 Å². The Morgan fingerprint density at radius 3 is 2.31 bits per heavy atom. The molecule has 2 aromatic carbocycles. The van der Waals surface area contributed by atoms with Crippen molar-refractivity contribution in [3.05, 3.63) is 87.0 Å². The Bertz CT molecular complexity index is 1830. The quantitative estimate of drug-likeness (QED) is 0.296. The van der Waals surface area contributed by atoms with Gasteiger partial charge in [-0.25, -0.2) is 9.55 Å². The van der Waals surface area contributed by atoms with Crippen LogP contribution in [0.25, 0.3) is 16.7 Å². The zero-order valence-electron chi connectivity index (χ0n) is 22.8. The fraction of sp³-hybridized carbons (Fsp3) is 0.214. The highest BCUT2D eigenvalue weighted by Gasteiger charge is 2.22. The van der Waals surface area contributed by atoms with Crippen LogP contribution in [0.3, 0.4) is 0 Å². The van der Waals surface area contributed by atoms with Gasteiger partial charge in [0.25, 0.3) is 11.5 Å². The van der Waals surface area contributed by atoms with Gasteiger partial charge in [-0.15, -0.1) is 0 Å². The molecule has 0 saturated carbocycles. The van der Waals surface area contributed by atoms with E-state index in [0.717, 1.165) is 42.1 Å². The second-order valence-corrected chi connectivity index (χ2v) is 10.6. The number of aromatic nitrogens is 6. The number of nitrogens with zero attached hydrogens (tertiary/aromatic N) is 8. The van der Waals surface area contributed by atoms with Crippen LogP contribution in [0.15, 0.2) is 65.7 Å². The van der Waals surface area contributed by atoms with Crippen molar-refractivity contribution in [2.75, 3.05) is 48.8 Å². The number of carbonyl (C=O) groups excluding carboxylic acids is 1. The van der Waals surface area contributed by atoms with Crippen molar-refractivity contribution in [1.82, 2.24) is 34.2 Å². The highest BCUT2D eigenvalue weighted by Crippen LogP contribution is 2.30. The van der Waals surface area contributed by atoms with E-state index in [1.165, 1.54) is 17.1 Å². The number of anilines is 4. The molecule has 0 spiro atoms. The molecule has 6 rings (SSSR count). The average molecular weight is 605 g/mol. The number of nitrogens with one attached hydrogen (secondary N) is 2. The van der Waals surface area contributed by atoms with E-state index >= 15 is 0 Å². The Balaban J connectivity index is 1.36. The van der Waals surface area contributed by atoms with Crippen LogP contribution in [-0.4, -0.2) is 73.3 Å². The lowest BCUT2D eigenvalue weighted by Crippen LogP contribution is -2.44. The largest absolute Gasteiger partial charge is 0.369 e. The molecule has 12 nitrogen and oxygen atoms in total. The monoisotopic (exact) mass is 604 g/mol. The molecule has 1 fully saturated rings. The third-order valence-electron chi connectivity index (χ3n) is 7.06. The minimum atomic E-state index is -0.557. The van der Waals surface area contributed by atoms with E-state index in [1.54, 1.807) is 31.3 Å². The highest BCUT2D eigenvalue weighted by molar-refractivity contribution is 6.37. The van der Waals surface area contributed by atoms with Crippen LogP contribution in [0.4, 0.5) is 23.3 Å². The lowest BCUT2D eigenvalue weighted by molar-refractivity contribution is 0.101. The van der Waals surface area contributed by atoms with Gasteiger partial charge in [0.1, 0.15) is 11.1 Å². The molecular formula is C28H26Cl2N10O2. The van der Waals surface area contributed by atoms with Gasteiger partial charge in [-0.1, -0.05) is 29.3 Å². The first-order valence-electron chi connectivity index (χ1n) is 13.1. The van der Waals surface area contributed by atoms with Gasteiger partial charge in [-0.05, 0) is 49.5 Å². The van der Waals surface area contributed by atoms with Gasteiger partial charge < -0.3 is 15.1 Å². The average Bonchev–Trinajstić information content (AvgIpc) is 3.41. The van der Waals surface area contributed by atoms with Crippen molar-refractivity contribution >= 4 is 63.4 Å². The van der Waals surface area contributed by atoms with Crippen LogP contribution in [0.5, 0.6) is 0 Å². The van der Waals surface area contributed by atoms with E-state index in [1.807, 2.05) is 24.3 Å². The molecule has 1 aliphatic heterocycles. The highest BCUT2D eigenvalue weighted by atomic mass is 35.5. The lowest BCUT2D eigenvalue weighted by atomic mass is 10.2. The zero-order valence-corrected chi connectivity index (χ0v) is 24.3. The predicted molar refractivity (Wildman–Crippen MR) is 164 cm³/mol. The van der Waals surface area contributed by atoms with Crippen LogP contribution in [0.1, 0.15) is 10.5 Å². The molecular weight excluding hydrogens is 579 g/mol. The van der Waals surface area contributed by atoms with Crippen LogP contribution < -0.4 is 21.1 Å². The van der Waals surface area contributed by atoms with Gasteiger partial charge >= 0.3 is 0 Å². The normalized spacial score (nSPS) is 13.9. The molecule has 0 aliphatic carbocycles. The van der Waals surface area contributed by atoms with Crippen molar-refractivity contribution in [2.45, 2.75) is 0 Å². The summed E-state index contributed by atoms with van der Waals surface area (Å²) in [6.45, 7) is 3.98. The van der Waals surface area contributed by atoms with Crippen LogP contribution >= 0.6 is 23.2 Å². The van der Waals surface area contributed by atoms with E-state index in [9.17, 15) is 9.59 Å². The van der Waals surface area contributed by atoms with E-state index in [-0.39, 0.29) is 44.4 Å². The SMILES string of the molecule is CN1CCN(c2ccc(Nc3ncc4c(=O)n(-c5c(Cl)cccc5Cl)c(NC(=O)c5ccnn5C)nc4n3)cc2)CC1. The first kappa shape index (κ1) is 27.6. The molecule has 214 valence electrons. The van der Waals surface area contributed by atoms with Crippen molar-refractivity contribution in [3.8, 4) is 5.69 Å². The summed E-state index contributed by atoms with van der Waals surface area (Å²) in [6, 6.07) is 14.4. The Hall–Kier alpha value is -4.52. The predicted octanol–water partition coefficient (Wildman–Crippen LogP) is 3.96. The summed E-state index contributed by atoms with van der Waals surface area (Å²) in [6.07, 6.45) is 2.87. The Labute approximate surface area is 250 Å². The smallest absolute Gasteiger partial charge is 0.276 e. The Morgan fingerprint density at radius 1 is 0.929 bits per heavy atom. The number of rotatable bonds is 6. The number of piperazine rings is 1. The number of halogens is 2. The first-order chi connectivity index (χ1) is 20.3. The van der Waals surface area contributed by atoms with E-state index in [0.29, 0.717) is 0 Å². The molecule has 1 saturated heterocycles. The van der Waals surface area contributed by atoms with Crippen LogP contribution in [-0.2, 0) is 7.05 Å². The summed E-state index contributed by atoms with van der Waals surface area (Å²) in [4.78, 5) is 44.9. The van der Waals surface area contributed by atoms with Crippen molar-refractivity contribution in [1.29, 1.82) is 0 Å². The third kappa shape index (κ3) is 5.39. The second kappa shape index (κ2) is 11.4. The molecule has 4 heterocycles. The summed E-state index contributed by atoms with van der Waals surface area (Å²) in [5, 5.41) is 10.4. The number of fused-ring (bicyclic) bond motifs is 1. The van der Waals surface area contributed by atoms with Gasteiger partial charge in [0.15, 0.2) is 5.65 Å². The minimum absolute atomic E-state index is 0.0753. The molecule has 3 aromatic heterocycles. The third-order valence-corrected chi connectivity index (χ3v) is 7.67. The second-order valence-electron chi connectivity index (χ2n) is 9.83. The van der Waals surface area contributed by atoms with Gasteiger partial charge in [0.05, 0.1) is 15.7 Å². The first-order valence-corrected chi connectivity index (χ1v) is 13.9. The van der Waals surface area contributed by atoms with Crippen LogP contribution in [0, 0.1) is 0 Å². The molecule has 0 radical (unpaired) electrons. The van der Waals surface area contributed by atoms with E-state index in [2.05, 4.69) is 47.5 Å². The summed E-state index contributed by atoms with van der Waals surface area (Å²) >= 11 is 12.9. The number of likely N-dealkylation sites (N-methyl/N-ethyl adjacent to an activating group) is 1. The van der Waals surface area contributed by atoms with Crippen LogP contribution in [0.2, 0.25) is 10.0 Å². The van der Waals surface area contributed by atoms with Crippen molar-refractivity contribution in [3.63, 3.8) is 0 Å². The van der Waals surface area contributed by atoms with Gasteiger partial charge in [0.2, 0.25) is 11.9 Å². The summed E-state index contributed by atoms with van der Waals surface area (Å²) < 4.78 is 2.55. The number of aryl methyl sites for hydroxylation is 1. The molecule has 42 heavy (non-hydrogen) atoms. The maximum Gasteiger partial charge on any atom is 0.276 e. The van der Waals surface area contributed by atoms with Crippen molar-refractivity contribution < 1.29 is 4.79 Å². The molecule has 1 amide bonds. The lowest BCUT2D eigenvalue weighted by Gasteiger charge is -2.34. The summed E-state index contributed by atoms with van der Waals surface area (Å²) in [5.74, 6) is -0.417. The zero-order chi connectivity index (χ0) is 29.4. The number of hydrogen-bond acceptors (Lipinski definition) is 9. The number of carbonyl (C=O) groups is 1. The number of hydrogen-bond donors (Lipinski definition) is 2. The van der Waals surface area contributed by atoms with E-state index in [4.69, 9.17) is 23.2 Å². The molecule has 0 unspecified atom stereocenters. The van der Waals surface area contributed by atoms with Gasteiger partial charge in [-0.3, -0.25) is 19.6 Å². The molecule has 1 aliphatic rings. The molecule has 0 atom stereocenters. The fourth-order valence-electron chi connectivity index (χ4n) is 4.74. The number of amides is 1. The maximum absolute atomic E-state index is 13.8. The summed E-state index contributed by atoms with van der Waals surface area (Å²) in [7, 11) is 3.76. The Morgan fingerprint density at radius 2 is 1.64 bits per heavy atom. The number of para-hydroxylation sites is 1. The van der Waals surface area contributed by atoms with Gasteiger partial charge in [0, 0.05) is 57.0 Å².